The number of methoxy groups -OCH3 is 1. The number of hydrogen-bond acceptors (Lipinski definition) is 4. The number of ether oxygens (including phenoxy) is 1. The second-order valence-electron chi connectivity index (χ2n) is 3.96. The molecule has 2 heterocycles. The highest BCUT2D eigenvalue weighted by atomic mass is 35.5. The Labute approximate surface area is 116 Å². The van der Waals surface area contributed by atoms with Gasteiger partial charge in [0.15, 0.2) is 0 Å². The minimum atomic E-state index is 0.663. The smallest absolute Gasteiger partial charge is 0.203 e. The first-order valence-corrected chi connectivity index (χ1v) is 6.89. The number of aryl methyl sites for hydroxylation is 1. The summed E-state index contributed by atoms with van der Waals surface area (Å²) in [5.41, 5.74) is 0.998. The Morgan fingerprint density at radius 1 is 1.50 bits per heavy atom. The lowest BCUT2D eigenvalue weighted by Gasteiger charge is -2.08. The summed E-state index contributed by atoms with van der Waals surface area (Å²) in [5, 5.41) is 3.26. The molecular formula is C12H16ClN3OS. The van der Waals surface area contributed by atoms with Gasteiger partial charge in [-0.15, -0.1) is 11.3 Å². The van der Waals surface area contributed by atoms with E-state index in [4.69, 9.17) is 16.3 Å². The molecule has 0 saturated carbocycles. The Morgan fingerprint density at radius 3 is 3.00 bits per heavy atom. The van der Waals surface area contributed by atoms with Gasteiger partial charge in [0, 0.05) is 24.7 Å². The van der Waals surface area contributed by atoms with Crippen molar-refractivity contribution in [1.29, 1.82) is 0 Å². The van der Waals surface area contributed by atoms with Crippen LogP contribution in [-0.4, -0.2) is 29.8 Å². The van der Waals surface area contributed by atoms with Crippen LogP contribution in [0, 0.1) is 6.92 Å². The lowest BCUT2D eigenvalue weighted by molar-refractivity contribution is 0.210. The first-order valence-electron chi connectivity index (χ1n) is 5.70. The van der Waals surface area contributed by atoms with Crippen molar-refractivity contribution in [1.82, 2.24) is 9.55 Å². The number of halogens is 1. The summed E-state index contributed by atoms with van der Waals surface area (Å²) in [6.07, 6.45) is 2.03. The predicted molar refractivity (Wildman–Crippen MR) is 75.8 cm³/mol. The minimum absolute atomic E-state index is 0.663. The summed E-state index contributed by atoms with van der Waals surface area (Å²) in [7, 11) is 1.69. The van der Waals surface area contributed by atoms with Crippen LogP contribution in [0.4, 0.5) is 5.95 Å². The molecule has 0 aliphatic heterocycles. The molecule has 0 fully saturated rings. The van der Waals surface area contributed by atoms with E-state index >= 15 is 0 Å². The second kappa shape index (κ2) is 6.22. The summed E-state index contributed by atoms with van der Waals surface area (Å²) in [6, 6.07) is 3.96. The van der Waals surface area contributed by atoms with Crippen molar-refractivity contribution in [2.45, 2.75) is 13.5 Å². The third-order valence-corrected chi connectivity index (χ3v) is 3.66. The molecule has 0 bridgehead atoms. The minimum Gasteiger partial charge on any atom is -0.383 e. The number of thiophene rings is 1. The average Bonchev–Trinajstić information content (AvgIpc) is 2.87. The van der Waals surface area contributed by atoms with Crippen molar-refractivity contribution in [2.24, 2.45) is 0 Å². The predicted octanol–water partition coefficient (Wildman–Crippen LogP) is 3.01. The molecule has 18 heavy (non-hydrogen) atoms. The Morgan fingerprint density at radius 2 is 2.33 bits per heavy atom. The number of nitrogens with zero attached hydrogens (tertiary/aromatic N) is 2. The number of anilines is 1. The zero-order chi connectivity index (χ0) is 13.0. The number of hydrogen-bond donors (Lipinski definition) is 1. The first-order chi connectivity index (χ1) is 8.69. The Balaban J connectivity index is 2.06. The molecule has 0 saturated heterocycles. The molecule has 0 amide bonds. The first kappa shape index (κ1) is 13.4. The molecule has 98 valence electrons. The van der Waals surface area contributed by atoms with Crippen LogP contribution in [0.3, 0.4) is 0 Å². The summed E-state index contributed by atoms with van der Waals surface area (Å²) < 4.78 is 7.92. The number of rotatable bonds is 6. The monoisotopic (exact) mass is 285 g/mol. The molecule has 0 radical (unpaired) electrons. The molecule has 2 aromatic heterocycles. The third-order valence-electron chi connectivity index (χ3n) is 2.44. The van der Waals surface area contributed by atoms with Gasteiger partial charge in [-0.05, 0) is 19.1 Å². The maximum absolute atomic E-state index is 5.94. The second-order valence-corrected chi connectivity index (χ2v) is 5.76. The van der Waals surface area contributed by atoms with Gasteiger partial charge in [0.2, 0.25) is 5.95 Å². The van der Waals surface area contributed by atoms with E-state index in [1.807, 2.05) is 25.3 Å². The lowest BCUT2D eigenvalue weighted by atomic mass is 10.4. The van der Waals surface area contributed by atoms with Crippen molar-refractivity contribution in [3.05, 3.63) is 33.2 Å². The maximum Gasteiger partial charge on any atom is 0.203 e. The van der Waals surface area contributed by atoms with Crippen molar-refractivity contribution in [2.75, 3.05) is 25.6 Å². The van der Waals surface area contributed by atoms with E-state index in [0.29, 0.717) is 6.61 Å². The molecule has 2 rings (SSSR count). The van der Waals surface area contributed by atoms with Gasteiger partial charge < -0.3 is 14.6 Å². The third kappa shape index (κ3) is 3.48. The topological polar surface area (TPSA) is 39.1 Å². The van der Waals surface area contributed by atoms with E-state index in [9.17, 15) is 0 Å². The van der Waals surface area contributed by atoms with Gasteiger partial charge in [-0.2, -0.15) is 0 Å². The van der Waals surface area contributed by atoms with Crippen LogP contribution in [0.25, 0.3) is 0 Å². The summed E-state index contributed by atoms with van der Waals surface area (Å²) in [4.78, 5) is 5.67. The Hall–Kier alpha value is -1.04. The van der Waals surface area contributed by atoms with Gasteiger partial charge in [0.1, 0.15) is 0 Å². The highest BCUT2D eigenvalue weighted by Gasteiger charge is 2.07. The van der Waals surface area contributed by atoms with Crippen LogP contribution < -0.4 is 5.32 Å². The lowest BCUT2D eigenvalue weighted by Crippen LogP contribution is -2.12. The van der Waals surface area contributed by atoms with Crippen LogP contribution >= 0.6 is 22.9 Å². The van der Waals surface area contributed by atoms with Gasteiger partial charge >= 0.3 is 0 Å². The highest BCUT2D eigenvalue weighted by molar-refractivity contribution is 7.16. The average molecular weight is 286 g/mol. The van der Waals surface area contributed by atoms with Crippen molar-refractivity contribution >= 4 is 28.9 Å². The van der Waals surface area contributed by atoms with E-state index in [1.54, 1.807) is 18.4 Å². The molecule has 0 unspecified atom stereocenters. The van der Waals surface area contributed by atoms with E-state index in [1.165, 1.54) is 4.88 Å². The number of aromatic nitrogens is 2. The van der Waals surface area contributed by atoms with Crippen LogP contribution in [0.15, 0.2) is 18.3 Å². The van der Waals surface area contributed by atoms with Crippen LogP contribution in [-0.2, 0) is 11.3 Å². The van der Waals surface area contributed by atoms with Gasteiger partial charge in [-0.3, -0.25) is 0 Å². The molecule has 0 atom stereocenters. The summed E-state index contributed by atoms with van der Waals surface area (Å²) >= 11 is 7.53. The quantitative estimate of drug-likeness (QED) is 0.829. The maximum atomic E-state index is 5.94. The zero-order valence-electron chi connectivity index (χ0n) is 10.4. The molecule has 2 aromatic rings. The number of imidazole rings is 1. The van der Waals surface area contributed by atoms with Crippen LogP contribution in [0.1, 0.15) is 10.6 Å². The Bertz CT molecular complexity index is 509. The van der Waals surface area contributed by atoms with Crippen LogP contribution in [0.5, 0.6) is 0 Å². The molecule has 0 aromatic carbocycles. The van der Waals surface area contributed by atoms with Gasteiger partial charge in [0.05, 0.1) is 23.2 Å². The molecule has 6 heteroatoms. The van der Waals surface area contributed by atoms with E-state index in [2.05, 4.69) is 14.9 Å². The van der Waals surface area contributed by atoms with Gasteiger partial charge in [-0.1, -0.05) is 11.6 Å². The fourth-order valence-electron chi connectivity index (χ4n) is 1.68. The largest absolute Gasteiger partial charge is 0.383 e. The number of nitrogens with one attached hydrogen (secondary N) is 1. The van der Waals surface area contributed by atoms with Gasteiger partial charge in [0.25, 0.3) is 0 Å². The molecule has 4 nitrogen and oxygen atoms in total. The summed E-state index contributed by atoms with van der Waals surface area (Å²) in [5.74, 6) is 0.870. The molecule has 0 spiro atoms. The van der Waals surface area contributed by atoms with Crippen LogP contribution in [0.2, 0.25) is 4.34 Å². The van der Waals surface area contributed by atoms with Crippen molar-refractivity contribution in [3.8, 4) is 0 Å². The SMILES string of the molecule is COCCNc1nc(C)cn1Cc1ccc(Cl)s1. The molecule has 0 aliphatic carbocycles. The fraction of sp³-hybridized carbons (Fsp3) is 0.417. The van der Waals surface area contributed by atoms with E-state index in [0.717, 1.165) is 29.1 Å². The molecule has 0 aliphatic rings. The zero-order valence-corrected chi connectivity index (χ0v) is 12.0. The highest BCUT2D eigenvalue weighted by Crippen LogP contribution is 2.23. The van der Waals surface area contributed by atoms with Crippen molar-refractivity contribution in [3.63, 3.8) is 0 Å². The Kier molecular flexibility index (Phi) is 4.63. The normalized spacial score (nSPS) is 10.8. The summed E-state index contributed by atoms with van der Waals surface area (Å²) in [6.45, 7) is 4.18. The molecular weight excluding hydrogens is 270 g/mol. The van der Waals surface area contributed by atoms with Gasteiger partial charge in [-0.25, -0.2) is 4.98 Å². The standard InChI is InChI=1S/C12H16ClN3OS/c1-9-7-16(8-10-3-4-11(13)18-10)12(15-9)14-5-6-17-2/h3-4,7H,5-6,8H2,1-2H3,(H,14,15). The van der Waals surface area contributed by atoms with E-state index < -0.39 is 0 Å². The van der Waals surface area contributed by atoms with E-state index in [-0.39, 0.29) is 0 Å². The fourth-order valence-corrected chi connectivity index (χ4v) is 2.76. The van der Waals surface area contributed by atoms with Crippen molar-refractivity contribution < 1.29 is 4.74 Å². The molecule has 1 N–H and O–H groups in total.